The lowest BCUT2D eigenvalue weighted by molar-refractivity contribution is 0.0962. The first-order chi connectivity index (χ1) is 10.7. The lowest BCUT2D eigenvalue weighted by Gasteiger charge is -2.12. The molecule has 6 heteroatoms. The molecule has 2 N–H and O–H groups in total. The number of nitriles is 1. The predicted octanol–water partition coefficient (Wildman–Crippen LogP) is 2.17. The molecule has 6 nitrogen and oxygen atoms in total. The normalized spacial score (nSPS) is 9.86. The van der Waals surface area contributed by atoms with E-state index in [4.69, 9.17) is 4.74 Å². The van der Waals surface area contributed by atoms with Crippen LogP contribution in [0.5, 0.6) is 0 Å². The van der Waals surface area contributed by atoms with Gasteiger partial charge in [-0.3, -0.25) is 15.6 Å². The smallest absolute Gasteiger partial charge is 0.269 e. The largest absolute Gasteiger partial charge is 0.380 e. The molecule has 0 fully saturated rings. The summed E-state index contributed by atoms with van der Waals surface area (Å²) in [6, 6.07) is 12.6. The number of nitrogens with one attached hydrogen (secondary N) is 2. The molecule has 2 rings (SSSR count). The van der Waals surface area contributed by atoms with Crippen LogP contribution in [0.2, 0.25) is 0 Å². The number of carbonyl (C=O) groups excluding carboxylic acids is 1. The average molecular weight is 296 g/mol. The minimum Gasteiger partial charge on any atom is -0.380 e. The van der Waals surface area contributed by atoms with Gasteiger partial charge in [0, 0.05) is 23.9 Å². The van der Waals surface area contributed by atoms with Gasteiger partial charge in [0.25, 0.3) is 5.91 Å². The van der Waals surface area contributed by atoms with E-state index in [1.54, 1.807) is 37.4 Å². The van der Waals surface area contributed by atoms with E-state index in [0.29, 0.717) is 29.1 Å². The number of rotatable bonds is 5. The standard InChI is InChI=1S/C16H16N4O2/c1-11-8-13(10-22-2)14(9-17)15(18-11)19-20-16(21)12-6-4-3-5-7-12/h3-8H,10H2,1-2H3,(H,18,19)(H,20,21). The number of pyridine rings is 1. The van der Waals surface area contributed by atoms with Gasteiger partial charge in [-0.2, -0.15) is 5.26 Å². The van der Waals surface area contributed by atoms with Gasteiger partial charge < -0.3 is 4.74 Å². The van der Waals surface area contributed by atoms with Crippen LogP contribution in [-0.2, 0) is 11.3 Å². The zero-order valence-electron chi connectivity index (χ0n) is 12.4. The highest BCUT2D eigenvalue weighted by molar-refractivity contribution is 5.94. The highest BCUT2D eigenvalue weighted by atomic mass is 16.5. The van der Waals surface area contributed by atoms with Crippen LogP contribution in [0.15, 0.2) is 36.4 Å². The maximum atomic E-state index is 12.0. The van der Waals surface area contributed by atoms with Crippen LogP contribution in [0.25, 0.3) is 0 Å². The summed E-state index contributed by atoms with van der Waals surface area (Å²) in [7, 11) is 1.56. The van der Waals surface area contributed by atoms with E-state index < -0.39 is 0 Å². The number of aromatic nitrogens is 1. The number of ether oxygens (including phenoxy) is 1. The number of hydrazine groups is 1. The zero-order chi connectivity index (χ0) is 15.9. The van der Waals surface area contributed by atoms with E-state index >= 15 is 0 Å². The number of aryl methyl sites for hydroxylation is 1. The molecule has 0 unspecified atom stereocenters. The fourth-order valence-corrected chi connectivity index (χ4v) is 2.00. The van der Waals surface area contributed by atoms with Crippen molar-refractivity contribution in [2.75, 3.05) is 12.5 Å². The van der Waals surface area contributed by atoms with E-state index in [0.717, 1.165) is 5.69 Å². The molecule has 22 heavy (non-hydrogen) atoms. The highest BCUT2D eigenvalue weighted by Gasteiger charge is 2.12. The average Bonchev–Trinajstić information content (AvgIpc) is 2.53. The fourth-order valence-electron chi connectivity index (χ4n) is 2.00. The first kappa shape index (κ1) is 15.5. The first-order valence-corrected chi connectivity index (χ1v) is 6.66. The first-order valence-electron chi connectivity index (χ1n) is 6.66. The Kier molecular flexibility index (Phi) is 5.07. The third-order valence-corrected chi connectivity index (χ3v) is 2.97. The van der Waals surface area contributed by atoms with E-state index in [9.17, 15) is 10.1 Å². The number of benzene rings is 1. The van der Waals surface area contributed by atoms with E-state index in [1.807, 2.05) is 13.0 Å². The predicted molar refractivity (Wildman–Crippen MR) is 81.9 cm³/mol. The minimum absolute atomic E-state index is 0.299. The molecule has 2 aromatic rings. The second kappa shape index (κ2) is 7.20. The molecule has 0 saturated carbocycles. The molecule has 0 spiro atoms. The number of hydrogen-bond donors (Lipinski definition) is 2. The van der Waals surface area contributed by atoms with Crippen LogP contribution in [0.4, 0.5) is 5.82 Å². The van der Waals surface area contributed by atoms with Crippen molar-refractivity contribution in [3.05, 3.63) is 58.8 Å². The quantitative estimate of drug-likeness (QED) is 0.826. The molecule has 0 aliphatic rings. The summed E-state index contributed by atoms with van der Waals surface area (Å²) in [6.45, 7) is 2.11. The Labute approximate surface area is 128 Å². The lowest BCUT2D eigenvalue weighted by Crippen LogP contribution is -2.30. The van der Waals surface area contributed by atoms with Gasteiger partial charge in [0.15, 0.2) is 5.82 Å². The number of carbonyl (C=O) groups is 1. The van der Waals surface area contributed by atoms with Crippen LogP contribution in [0.1, 0.15) is 27.2 Å². The fraction of sp³-hybridized carbons (Fsp3) is 0.188. The van der Waals surface area contributed by atoms with Gasteiger partial charge in [-0.25, -0.2) is 4.98 Å². The topological polar surface area (TPSA) is 87.0 Å². The van der Waals surface area contributed by atoms with Gasteiger partial charge in [-0.05, 0) is 25.1 Å². The molecule has 0 radical (unpaired) electrons. The molecule has 0 bridgehead atoms. The van der Waals surface area contributed by atoms with Crippen LogP contribution in [0, 0.1) is 18.3 Å². The van der Waals surface area contributed by atoms with Crippen LogP contribution < -0.4 is 10.9 Å². The molecular weight excluding hydrogens is 280 g/mol. The molecule has 1 amide bonds. The van der Waals surface area contributed by atoms with Crippen LogP contribution >= 0.6 is 0 Å². The number of methoxy groups -OCH3 is 1. The Balaban J connectivity index is 2.19. The van der Waals surface area contributed by atoms with E-state index in [-0.39, 0.29) is 5.91 Å². The van der Waals surface area contributed by atoms with Gasteiger partial charge in [-0.1, -0.05) is 18.2 Å². The lowest BCUT2D eigenvalue weighted by atomic mass is 10.1. The summed E-state index contributed by atoms with van der Waals surface area (Å²) >= 11 is 0. The molecule has 0 aliphatic carbocycles. The molecule has 0 saturated heterocycles. The molecule has 0 aliphatic heterocycles. The maximum Gasteiger partial charge on any atom is 0.269 e. The van der Waals surface area contributed by atoms with Crippen molar-refractivity contribution >= 4 is 11.7 Å². The summed E-state index contributed by atoms with van der Waals surface area (Å²) < 4.78 is 5.08. The third kappa shape index (κ3) is 3.59. The second-order valence-electron chi connectivity index (χ2n) is 4.64. The second-order valence-corrected chi connectivity index (χ2v) is 4.64. The molecule has 1 aromatic heterocycles. The third-order valence-electron chi connectivity index (χ3n) is 2.97. The number of hydrogen-bond acceptors (Lipinski definition) is 5. The van der Waals surface area contributed by atoms with Gasteiger partial charge in [0.1, 0.15) is 11.6 Å². The summed E-state index contributed by atoms with van der Waals surface area (Å²) in [5.74, 6) is -0.0000754. The van der Waals surface area contributed by atoms with E-state index in [1.165, 1.54) is 0 Å². The Morgan fingerprint density at radius 3 is 2.73 bits per heavy atom. The summed E-state index contributed by atoms with van der Waals surface area (Å²) in [6.07, 6.45) is 0. The van der Waals surface area contributed by atoms with Gasteiger partial charge in [0.05, 0.1) is 6.61 Å². The van der Waals surface area contributed by atoms with Crippen molar-refractivity contribution in [2.24, 2.45) is 0 Å². The summed E-state index contributed by atoms with van der Waals surface area (Å²) in [5, 5.41) is 9.30. The van der Waals surface area contributed by atoms with Crippen molar-refractivity contribution in [2.45, 2.75) is 13.5 Å². The van der Waals surface area contributed by atoms with Crippen molar-refractivity contribution < 1.29 is 9.53 Å². The number of anilines is 1. The van der Waals surface area contributed by atoms with Crippen molar-refractivity contribution in [3.8, 4) is 6.07 Å². The van der Waals surface area contributed by atoms with Crippen molar-refractivity contribution in [3.63, 3.8) is 0 Å². The molecule has 1 aromatic carbocycles. The zero-order valence-corrected chi connectivity index (χ0v) is 12.4. The number of nitrogens with zero attached hydrogens (tertiary/aromatic N) is 2. The van der Waals surface area contributed by atoms with Gasteiger partial charge in [0.2, 0.25) is 0 Å². The van der Waals surface area contributed by atoms with E-state index in [2.05, 4.69) is 21.9 Å². The SMILES string of the molecule is COCc1cc(C)nc(NNC(=O)c2ccccc2)c1C#N. The van der Waals surface area contributed by atoms with Gasteiger partial charge in [-0.15, -0.1) is 0 Å². The monoisotopic (exact) mass is 296 g/mol. The Hall–Kier alpha value is -2.91. The summed E-state index contributed by atoms with van der Waals surface area (Å²) in [4.78, 5) is 16.3. The van der Waals surface area contributed by atoms with Crippen molar-refractivity contribution in [1.29, 1.82) is 5.26 Å². The van der Waals surface area contributed by atoms with Crippen LogP contribution in [0.3, 0.4) is 0 Å². The Morgan fingerprint density at radius 1 is 1.36 bits per heavy atom. The highest BCUT2D eigenvalue weighted by Crippen LogP contribution is 2.18. The minimum atomic E-state index is -0.305. The molecule has 1 heterocycles. The molecular formula is C16H16N4O2. The Bertz CT molecular complexity index is 708. The maximum absolute atomic E-state index is 12.0. The molecule has 112 valence electrons. The van der Waals surface area contributed by atoms with Crippen LogP contribution in [-0.4, -0.2) is 18.0 Å². The molecule has 0 atom stereocenters. The summed E-state index contributed by atoms with van der Waals surface area (Å²) in [5.41, 5.74) is 7.56. The van der Waals surface area contributed by atoms with Crippen molar-refractivity contribution in [1.82, 2.24) is 10.4 Å². The van der Waals surface area contributed by atoms with Gasteiger partial charge >= 0.3 is 0 Å². The number of amides is 1. The Morgan fingerprint density at radius 2 is 2.09 bits per heavy atom.